The van der Waals surface area contributed by atoms with Gasteiger partial charge in [0.1, 0.15) is 5.76 Å². The van der Waals surface area contributed by atoms with Gasteiger partial charge in [0.15, 0.2) is 3.77 Å². The number of nitrogens with zero attached hydrogens (tertiary/aromatic N) is 1. The highest BCUT2D eigenvalue weighted by Crippen LogP contribution is 2.33. The predicted octanol–water partition coefficient (Wildman–Crippen LogP) is 4.88. The highest BCUT2D eigenvalue weighted by atomic mass is 127. The molecule has 0 atom stereocenters. The van der Waals surface area contributed by atoms with Gasteiger partial charge < -0.3 is 4.42 Å². The van der Waals surface area contributed by atoms with Crippen LogP contribution in [-0.2, 0) is 11.3 Å². The number of hydrogen-bond donors (Lipinski definition) is 0. The predicted molar refractivity (Wildman–Crippen MR) is 97.1 cm³/mol. The Bertz CT molecular complexity index is 787. The van der Waals surface area contributed by atoms with Crippen LogP contribution in [0, 0.1) is 3.77 Å². The molecule has 1 fully saturated rings. The molecule has 4 nitrogen and oxygen atoms in total. The third-order valence-electron chi connectivity index (χ3n) is 2.97. The Hall–Kier alpha value is -1.06. The summed E-state index contributed by atoms with van der Waals surface area (Å²) in [7, 11) is 0. The summed E-state index contributed by atoms with van der Waals surface area (Å²) in [6.45, 7) is 0.261. The molecule has 3 rings (SSSR count). The van der Waals surface area contributed by atoms with E-state index in [1.807, 2.05) is 46.9 Å². The van der Waals surface area contributed by atoms with Crippen molar-refractivity contribution in [3.8, 4) is 0 Å². The van der Waals surface area contributed by atoms with Gasteiger partial charge in [0.05, 0.1) is 11.4 Å². The molecule has 0 N–H and O–H groups in total. The summed E-state index contributed by atoms with van der Waals surface area (Å²) in [5, 5.41) is -0.266. The third kappa shape index (κ3) is 3.47. The van der Waals surface area contributed by atoms with Crippen molar-refractivity contribution in [2.24, 2.45) is 0 Å². The zero-order valence-electron chi connectivity index (χ0n) is 11.1. The summed E-state index contributed by atoms with van der Waals surface area (Å²) >= 11 is 6.37. The van der Waals surface area contributed by atoms with Gasteiger partial charge in [-0.3, -0.25) is 14.5 Å². The minimum Gasteiger partial charge on any atom is -0.451 e. The Labute approximate surface area is 153 Å². The van der Waals surface area contributed by atoms with Crippen molar-refractivity contribution in [3.63, 3.8) is 0 Å². The van der Waals surface area contributed by atoms with Crippen LogP contribution in [0.25, 0.3) is 6.08 Å². The van der Waals surface area contributed by atoms with E-state index < -0.39 is 0 Å². The number of benzene rings is 1. The molecule has 0 radical (unpaired) electrons. The van der Waals surface area contributed by atoms with Crippen LogP contribution in [0.4, 0.5) is 4.79 Å². The summed E-state index contributed by atoms with van der Waals surface area (Å²) in [5.74, 6) is 0.277. The molecule has 1 aromatic carbocycles. The van der Waals surface area contributed by atoms with Crippen LogP contribution in [0.5, 0.6) is 0 Å². The Morgan fingerprint density at radius 1 is 1.27 bits per heavy atom. The lowest BCUT2D eigenvalue weighted by Gasteiger charge is -2.12. The Balaban J connectivity index is 1.81. The molecule has 112 valence electrons. The first kappa shape index (κ1) is 15.8. The van der Waals surface area contributed by atoms with E-state index in [1.54, 1.807) is 18.2 Å². The van der Waals surface area contributed by atoms with Crippen molar-refractivity contribution in [3.05, 3.63) is 60.9 Å². The maximum absolute atomic E-state index is 12.4. The molecule has 1 aliphatic heterocycles. The van der Waals surface area contributed by atoms with E-state index in [4.69, 9.17) is 4.42 Å². The second-order valence-corrected chi connectivity index (χ2v) is 7.51. The monoisotopic (exact) mass is 489 g/mol. The van der Waals surface area contributed by atoms with Crippen LogP contribution < -0.4 is 0 Å². The van der Waals surface area contributed by atoms with Crippen LogP contribution in [-0.4, -0.2) is 16.0 Å². The Morgan fingerprint density at radius 2 is 2.09 bits per heavy atom. The highest BCUT2D eigenvalue weighted by Gasteiger charge is 2.35. The fraction of sp³-hybridized carbons (Fsp3) is 0.0667. The van der Waals surface area contributed by atoms with Gasteiger partial charge in [-0.25, -0.2) is 0 Å². The van der Waals surface area contributed by atoms with E-state index >= 15 is 0 Å². The van der Waals surface area contributed by atoms with Gasteiger partial charge in [-0.2, -0.15) is 0 Å². The van der Waals surface area contributed by atoms with E-state index in [-0.39, 0.29) is 17.7 Å². The molecule has 1 saturated heterocycles. The lowest BCUT2D eigenvalue weighted by atomic mass is 10.2. The van der Waals surface area contributed by atoms with Crippen molar-refractivity contribution in [2.45, 2.75) is 6.54 Å². The smallest absolute Gasteiger partial charge is 0.293 e. The van der Waals surface area contributed by atoms with E-state index in [2.05, 4.69) is 15.9 Å². The van der Waals surface area contributed by atoms with Crippen LogP contribution in [0.3, 0.4) is 0 Å². The molecule has 0 aliphatic carbocycles. The Morgan fingerprint density at radius 3 is 2.77 bits per heavy atom. The summed E-state index contributed by atoms with van der Waals surface area (Å²) in [6.07, 6.45) is 1.61. The first-order chi connectivity index (χ1) is 10.5. The maximum Gasteiger partial charge on any atom is 0.293 e. The molecule has 1 aromatic heterocycles. The Kier molecular flexibility index (Phi) is 4.74. The third-order valence-corrected chi connectivity index (χ3v) is 4.95. The standard InChI is InChI=1S/C15H9BrINO3S/c16-10-3-1-2-9(6-10)8-18-14(19)12(22-15(18)20)7-11-4-5-13(17)21-11/h1-7H,8H2/b12-7-. The average Bonchev–Trinajstić information content (AvgIpc) is 2.98. The molecule has 2 heterocycles. The highest BCUT2D eigenvalue weighted by molar-refractivity contribution is 14.1. The minimum absolute atomic E-state index is 0.261. The summed E-state index contributed by atoms with van der Waals surface area (Å²) < 4.78 is 7.05. The zero-order chi connectivity index (χ0) is 15.7. The number of rotatable bonds is 3. The zero-order valence-corrected chi connectivity index (χ0v) is 15.6. The number of halogens is 2. The van der Waals surface area contributed by atoms with Crippen LogP contribution in [0.15, 0.2) is 50.2 Å². The molecule has 2 aromatic rings. The van der Waals surface area contributed by atoms with Gasteiger partial charge in [0.2, 0.25) is 0 Å². The number of furan rings is 1. The van der Waals surface area contributed by atoms with Gasteiger partial charge in [0, 0.05) is 10.5 Å². The molecule has 0 saturated carbocycles. The second kappa shape index (κ2) is 6.59. The second-order valence-electron chi connectivity index (χ2n) is 4.54. The van der Waals surface area contributed by atoms with E-state index in [9.17, 15) is 9.59 Å². The maximum atomic E-state index is 12.4. The van der Waals surface area contributed by atoms with Crippen LogP contribution in [0.1, 0.15) is 11.3 Å². The van der Waals surface area contributed by atoms with Gasteiger partial charge >= 0.3 is 0 Å². The summed E-state index contributed by atoms with van der Waals surface area (Å²) in [5.41, 5.74) is 0.894. The number of thioether (sulfide) groups is 1. The van der Waals surface area contributed by atoms with Crippen molar-refractivity contribution < 1.29 is 14.0 Å². The molecule has 1 aliphatic rings. The van der Waals surface area contributed by atoms with Gasteiger partial charge in [-0.15, -0.1) is 0 Å². The van der Waals surface area contributed by atoms with E-state index in [0.717, 1.165) is 25.6 Å². The molecule has 0 spiro atoms. The van der Waals surface area contributed by atoms with E-state index in [1.165, 1.54) is 4.90 Å². The van der Waals surface area contributed by atoms with Crippen molar-refractivity contribution in [1.82, 2.24) is 4.90 Å². The summed E-state index contributed by atoms with van der Waals surface area (Å²) in [4.78, 5) is 26.1. The topological polar surface area (TPSA) is 50.5 Å². The molecule has 7 heteroatoms. The lowest BCUT2D eigenvalue weighted by molar-refractivity contribution is -0.123. The van der Waals surface area contributed by atoms with Gasteiger partial charge in [-0.05, 0) is 64.2 Å². The van der Waals surface area contributed by atoms with E-state index in [0.29, 0.717) is 10.7 Å². The largest absolute Gasteiger partial charge is 0.451 e. The van der Waals surface area contributed by atoms with Crippen LogP contribution in [0.2, 0.25) is 0 Å². The quantitative estimate of drug-likeness (QED) is 0.455. The summed E-state index contributed by atoms with van der Waals surface area (Å²) in [6, 6.07) is 11.1. The normalized spacial score (nSPS) is 16.8. The number of carbonyl (C=O) groups excluding carboxylic acids is 2. The molecule has 0 unspecified atom stereocenters. The fourth-order valence-electron chi connectivity index (χ4n) is 1.99. The lowest BCUT2D eigenvalue weighted by Crippen LogP contribution is -2.27. The number of amides is 2. The van der Waals surface area contributed by atoms with Crippen molar-refractivity contribution >= 4 is 67.5 Å². The fourth-order valence-corrected chi connectivity index (χ4v) is 3.69. The first-order valence-electron chi connectivity index (χ1n) is 6.28. The molecule has 0 bridgehead atoms. The van der Waals surface area contributed by atoms with Crippen molar-refractivity contribution in [1.29, 1.82) is 0 Å². The molecular formula is C15H9BrINO3S. The molecule has 22 heavy (non-hydrogen) atoms. The minimum atomic E-state index is -0.290. The van der Waals surface area contributed by atoms with Gasteiger partial charge in [0.25, 0.3) is 11.1 Å². The number of imide groups is 1. The molecular weight excluding hydrogens is 481 g/mol. The first-order valence-corrected chi connectivity index (χ1v) is 8.97. The van der Waals surface area contributed by atoms with Crippen molar-refractivity contribution in [2.75, 3.05) is 0 Å². The SMILES string of the molecule is O=C1S/C(=C\c2ccc(I)o2)C(=O)N1Cc1cccc(Br)c1. The number of hydrogen-bond acceptors (Lipinski definition) is 4. The number of carbonyl (C=O) groups is 2. The molecule has 2 amide bonds. The average molecular weight is 490 g/mol. The van der Waals surface area contributed by atoms with Gasteiger partial charge in [-0.1, -0.05) is 28.1 Å². The van der Waals surface area contributed by atoms with Crippen LogP contribution >= 0.6 is 50.3 Å².